The fraction of sp³-hybridized carbons (Fsp3) is 1.00. The first-order valence-corrected chi connectivity index (χ1v) is 9.44. The molecular weight excluding hydrogens is 198 g/mol. The van der Waals surface area contributed by atoms with E-state index in [9.17, 15) is 0 Å². The van der Waals surface area contributed by atoms with Gasteiger partial charge in [-0.25, -0.2) is 0 Å². The SMILES string of the molecule is CCC1(C(C)(C)C)CCCCN1[SiH](C)C. The molecule has 1 aliphatic rings. The first kappa shape index (κ1) is 13.2. The molecule has 0 saturated carbocycles. The molecule has 1 heterocycles. The van der Waals surface area contributed by atoms with Crippen LogP contribution in [0.3, 0.4) is 0 Å². The lowest BCUT2D eigenvalue weighted by molar-refractivity contribution is 0.0128. The van der Waals surface area contributed by atoms with Crippen molar-refractivity contribution in [2.24, 2.45) is 5.41 Å². The van der Waals surface area contributed by atoms with Gasteiger partial charge in [-0.15, -0.1) is 0 Å². The molecule has 2 heteroatoms. The van der Waals surface area contributed by atoms with Gasteiger partial charge < -0.3 is 4.57 Å². The second-order valence-corrected chi connectivity index (χ2v) is 9.19. The van der Waals surface area contributed by atoms with E-state index in [0.29, 0.717) is 11.0 Å². The van der Waals surface area contributed by atoms with Crippen LogP contribution in [0.25, 0.3) is 0 Å². The van der Waals surface area contributed by atoms with Gasteiger partial charge in [-0.3, -0.25) is 0 Å². The number of rotatable bonds is 2. The second-order valence-electron chi connectivity index (χ2n) is 6.38. The third-order valence-corrected chi connectivity index (χ3v) is 6.39. The number of piperidine rings is 1. The quantitative estimate of drug-likeness (QED) is 0.651. The van der Waals surface area contributed by atoms with Crippen LogP contribution in [0.2, 0.25) is 13.1 Å². The molecule has 0 spiro atoms. The summed E-state index contributed by atoms with van der Waals surface area (Å²) in [4.78, 5) is 0. The molecule has 1 unspecified atom stereocenters. The minimum Gasteiger partial charge on any atom is -0.321 e. The molecule has 0 aromatic rings. The van der Waals surface area contributed by atoms with E-state index in [1.807, 2.05) is 0 Å². The Kier molecular flexibility index (Phi) is 4.05. The van der Waals surface area contributed by atoms with Gasteiger partial charge in [0.1, 0.15) is 8.96 Å². The van der Waals surface area contributed by atoms with Crippen molar-refractivity contribution in [3.63, 3.8) is 0 Å². The van der Waals surface area contributed by atoms with E-state index in [4.69, 9.17) is 0 Å². The van der Waals surface area contributed by atoms with Crippen LogP contribution >= 0.6 is 0 Å². The van der Waals surface area contributed by atoms with Gasteiger partial charge in [-0.05, 0) is 31.2 Å². The van der Waals surface area contributed by atoms with Gasteiger partial charge in [0.05, 0.1) is 0 Å². The van der Waals surface area contributed by atoms with Crippen LogP contribution in [-0.4, -0.2) is 25.6 Å². The average Bonchev–Trinajstić information content (AvgIpc) is 2.15. The second kappa shape index (κ2) is 4.58. The van der Waals surface area contributed by atoms with Crippen LogP contribution in [0.1, 0.15) is 53.4 Å². The minimum atomic E-state index is -0.661. The average molecular weight is 227 g/mol. The van der Waals surface area contributed by atoms with E-state index in [-0.39, 0.29) is 0 Å². The molecule has 1 rings (SSSR count). The fourth-order valence-electron chi connectivity index (χ4n) is 3.53. The number of nitrogens with zero attached hydrogens (tertiary/aromatic N) is 1. The molecule has 90 valence electrons. The Balaban J connectivity index is 3.01. The highest BCUT2D eigenvalue weighted by Crippen LogP contribution is 2.45. The molecule has 0 bridgehead atoms. The van der Waals surface area contributed by atoms with E-state index in [2.05, 4.69) is 45.4 Å². The summed E-state index contributed by atoms with van der Waals surface area (Å²) in [5.41, 5.74) is 0.922. The van der Waals surface area contributed by atoms with Crippen molar-refractivity contribution >= 4 is 8.96 Å². The maximum absolute atomic E-state index is 2.90. The topological polar surface area (TPSA) is 3.24 Å². The van der Waals surface area contributed by atoms with Crippen molar-refractivity contribution in [3.8, 4) is 0 Å². The Morgan fingerprint density at radius 1 is 1.20 bits per heavy atom. The monoisotopic (exact) mass is 227 g/mol. The summed E-state index contributed by atoms with van der Waals surface area (Å²) in [5.74, 6) is 0. The van der Waals surface area contributed by atoms with Gasteiger partial charge in [-0.2, -0.15) is 0 Å². The molecule has 1 nitrogen and oxygen atoms in total. The summed E-state index contributed by atoms with van der Waals surface area (Å²) in [5, 5.41) is 0. The molecule has 0 N–H and O–H groups in total. The lowest BCUT2D eigenvalue weighted by Crippen LogP contribution is -2.62. The van der Waals surface area contributed by atoms with Crippen molar-refractivity contribution in [1.82, 2.24) is 4.57 Å². The van der Waals surface area contributed by atoms with E-state index >= 15 is 0 Å². The lowest BCUT2D eigenvalue weighted by atomic mass is 9.67. The van der Waals surface area contributed by atoms with Gasteiger partial charge in [0, 0.05) is 5.54 Å². The molecule has 0 aliphatic carbocycles. The molecule has 1 fully saturated rings. The van der Waals surface area contributed by atoms with E-state index in [1.54, 1.807) is 0 Å². The zero-order valence-corrected chi connectivity index (χ0v) is 12.7. The molecule has 15 heavy (non-hydrogen) atoms. The molecule has 0 amide bonds. The third-order valence-electron chi connectivity index (χ3n) is 4.39. The van der Waals surface area contributed by atoms with Crippen LogP contribution in [0.5, 0.6) is 0 Å². The van der Waals surface area contributed by atoms with Crippen LogP contribution in [0.4, 0.5) is 0 Å². The van der Waals surface area contributed by atoms with Crippen molar-refractivity contribution in [3.05, 3.63) is 0 Å². The van der Waals surface area contributed by atoms with E-state index < -0.39 is 8.96 Å². The Bertz CT molecular complexity index is 207. The molecular formula is C13H29NSi. The van der Waals surface area contributed by atoms with E-state index in [0.717, 1.165) is 0 Å². The maximum Gasteiger partial charge on any atom is 0.106 e. The smallest absolute Gasteiger partial charge is 0.106 e. The van der Waals surface area contributed by atoms with Gasteiger partial charge in [0.2, 0.25) is 0 Å². The van der Waals surface area contributed by atoms with Crippen LogP contribution in [0.15, 0.2) is 0 Å². The fourth-order valence-corrected chi connectivity index (χ4v) is 5.91. The zero-order valence-electron chi connectivity index (χ0n) is 11.6. The first-order valence-electron chi connectivity index (χ1n) is 6.62. The molecule has 1 saturated heterocycles. The highest BCUT2D eigenvalue weighted by atomic mass is 28.3. The summed E-state index contributed by atoms with van der Waals surface area (Å²) in [6.45, 7) is 16.0. The van der Waals surface area contributed by atoms with Gasteiger partial charge in [0.15, 0.2) is 0 Å². The zero-order chi connectivity index (χ0) is 11.7. The molecule has 0 radical (unpaired) electrons. The predicted molar refractivity (Wildman–Crippen MR) is 71.9 cm³/mol. The van der Waals surface area contributed by atoms with Gasteiger partial charge >= 0.3 is 0 Å². The highest BCUT2D eigenvalue weighted by molar-refractivity contribution is 6.52. The molecule has 1 atom stereocenters. The molecule has 0 aromatic heterocycles. The highest BCUT2D eigenvalue weighted by Gasteiger charge is 2.46. The minimum absolute atomic E-state index is 0.430. The Labute approximate surface area is 97.9 Å². The number of hydrogen-bond donors (Lipinski definition) is 0. The van der Waals surface area contributed by atoms with E-state index in [1.165, 1.54) is 32.2 Å². The van der Waals surface area contributed by atoms with Gasteiger partial charge in [0.25, 0.3) is 0 Å². The first-order chi connectivity index (χ1) is 6.85. The maximum atomic E-state index is 2.90. The van der Waals surface area contributed by atoms with Crippen LogP contribution in [-0.2, 0) is 0 Å². The predicted octanol–water partition coefficient (Wildman–Crippen LogP) is 3.65. The van der Waals surface area contributed by atoms with Gasteiger partial charge in [-0.1, -0.05) is 47.2 Å². The summed E-state index contributed by atoms with van der Waals surface area (Å²) >= 11 is 0. The van der Waals surface area contributed by atoms with Crippen LogP contribution < -0.4 is 0 Å². The van der Waals surface area contributed by atoms with Crippen molar-refractivity contribution in [1.29, 1.82) is 0 Å². The Morgan fingerprint density at radius 2 is 1.80 bits per heavy atom. The molecule has 1 aliphatic heterocycles. The van der Waals surface area contributed by atoms with Crippen LogP contribution in [0, 0.1) is 5.41 Å². The Morgan fingerprint density at radius 3 is 2.13 bits per heavy atom. The summed E-state index contributed by atoms with van der Waals surface area (Å²) < 4.78 is 2.90. The Hall–Kier alpha value is 0.177. The molecule has 0 aromatic carbocycles. The van der Waals surface area contributed by atoms with Crippen molar-refractivity contribution in [2.75, 3.05) is 6.54 Å². The largest absolute Gasteiger partial charge is 0.321 e. The van der Waals surface area contributed by atoms with Crippen molar-refractivity contribution < 1.29 is 0 Å². The standard InChI is InChI=1S/C13H29NSi/c1-7-13(12(2,3)4)10-8-9-11-14(13)15(5)6/h15H,7-11H2,1-6H3. The number of hydrogen-bond acceptors (Lipinski definition) is 1. The third kappa shape index (κ3) is 2.31. The normalized spacial score (nSPS) is 29.8. The summed E-state index contributed by atoms with van der Waals surface area (Å²) in [6.07, 6.45) is 5.59. The lowest BCUT2D eigenvalue weighted by Gasteiger charge is -2.57. The summed E-state index contributed by atoms with van der Waals surface area (Å²) in [7, 11) is -0.661. The van der Waals surface area contributed by atoms with Crippen molar-refractivity contribution in [2.45, 2.75) is 72.0 Å². The summed E-state index contributed by atoms with van der Waals surface area (Å²) in [6, 6.07) is 0.